The molecule has 13 heavy (non-hydrogen) atoms. The number of nitrogens with two attached hydrogens (primary N) is 1. The van der Waals surface area contributed by atoms with Crippen LogP contribution in [-0.2, 0) is 6.42 Å². The van der Waals surface area contributed by atoms with Gasteiger partial charge in [0.2, 0.25) is 0 Å². The molecule has 0 aliphatic heterocycles. The van der Waals surface area contributed by atoms with Gasteiger partial charge in [0.05, 0.1) is 0 Å². The van der Waals surface area contributed by atoms with Crippen molar-refractivity contribution >= 4 is 11.6 Å². The van der Waals surface area contributed by atoms with E-state index < -0.39 is 0 Å². The number of aryl methyl sites for hydroxylation is 1. The van der Waals surface area contributed by atoms with Gasteiger partial charge in [0.1, 0.15) is 0 Å². The molecule has 0 aliphatic rings. The standard InChI is InChI=1S/C11H16ClN/c12-11-7-4-6-10(9-11)5-2-1-3-8-13/h4,6-7,9H,1-3,5,8,13H2. The van der Waals surface area contributed by atoms with Crippen LogP contribution in [0.5, 0.6) is 0 Å². The van der Waals surface area contributed by atoms with Gasteiger partial charge in [-0.3, -0.25) is 0 Å². The summed E-state index contributed by atoms with van der Waals surface area (Å²) in [4.78, 5) is 0. The Hall–Kier alpha value is -0.530. The third kappa shape index (κ3) is 4.30. The van der Waals surface area contributed by atoms with E-state index in [0.29, 0.717) is 0 Å². The van der Waals surface area contributed by atoms with Crippen molar-refractivity contribution in [2.24, 2.45) is 5.73 Å². The summed E-state index contributed by atoms with van der Waals surface area (Å²) in [5, 5.41) is 0.830. The van der Waals surface area contributed by atoms with Crippen LogP contribution in [0.1, 0.15) is 24.8 Å². The summed E-state index contributed by atoms with van der Waals surface area (Å²) in [5.74, 6) is 0. The Labute approximate surface area is 84.9 Å². The van der Waals surface area contributed by atoms with E-state index in [1.165, 1.54) is 18.4 Å². The van der Waals surface area contributed by atoms with Crippen molar-refractivity contribution in [3.05, 3.63) is 34.9 Å². The van der Waals surface area contributed by atoms with Crippen LogP contribution in [0.2, 0.25) is 5.02 Å². The average Bonchev–Trinajstić information content (AvgIpc) is 2.13. The van der Waals surface area contributed by atoms with Crippen molar-refractivity contribution in [2.45, 2.75) is 25.7 Å². The zero-order chi connectivity index (χ0) is 9.52. The minimum absolute atomic E-state index is 0.801. The third-order valence-electron chi connectivity index (χ3n) is 2.06. The molecule has 1 nitrogen and oxygen atoms in total. The van der Waals surface area contributed by atoms with E-state index in [9.17, 15) is 0 Å². The Kier molecular flexibility index (Phi) is 4.87. The summed E-state index contributed by atoms with van der Waals surface area (Å²) in [6, 6.07) is 8.06. The van der Waals surface area contributed by atoms with Gasteiger partial charge in [-0.05, 0) is 43.5 Å². The molecule has 1 aromatic carbocycles. The van der Waals surface area contributed by atoms with Crippen LogP contribution in [0, 0.1) is 0 Å². The van der Waals surface area contributed by atoms with Crippen LogP contribution in [0.25, 0.3) is 0 Å². The predicted molar refractivity (Wildman–Crippen MR) is 58.1 cm³/mol. The Morgan fingerprint density at radius 1 is 1.15 bits per heavy atom. The maximum absolute atomic E-state index is 5.86. The number of unbranched alkanes of at least 4 members (excludes halogenated alkanes) is 2. The molecule has 0 atom stereocenters. The van der Waals surface area contributed by atoms with Gasteiger partial charge in [0.15, 0.2) is 0 Å². The van der Waals surface area contributed by atoms with Gasteiger partial charge < -0.3 is 5.73 Å². The molecule has 0 saturated heterocycles. The third-order valence-corrected chi connectivity index (χ3v) is 2.29. The SMILES string of the molecule is NCCCCCc1cccc(Cl)c1. The van der Waals surface area contributed by atoms with E-state index in [4.69, 9.17) is 17.3 Å². The number of hydrogen-bond acceptors (Lipinski definition) is 1. The Balaban J connectivity index is 2.28. The summed E-state index contributed by atoms with van der Waals surface area (Å²) in [7, 11) is 0. The first-order valence-corrected chi connectivity index (χ1v) is 5.15. The van der Waals surface area contributed by atoms with Crippen molar-refractivity contribution < 1.29 is 0 Å². The molecular formula is C11H16ClN. The van der Waals surface area contributed by atoms with Crippen molar-refractivity contribution in [1.29, 1.82) is 0 Å². The molecule has 0 amide bonds. The Bertz CT molecular complexity index is 248. The summed E-state index contributed by atoms with van der Waals surface area (Å²) in [6.07, 6.45) is 4.65. The normalized spacial score (nSPS) is 10.3. The molecular weight excluding hydrogens is 182 g/mol. The highest BCUT2D eigenvalue weighted by Crippen LogP contribution is 2.13. The van der Waals surface area contributed by atoms with Crippen LogP contribution in [-0.4, -0.2) is 6.54 Å². The maximum atomic E-state index is 5.86. The van der Waals surface area contributed by atoms with E-state index >= 15 is 0 Å². The fourth-order valence-corrected chi connectivity index (χ4v) is 1.56. The number of halogens is 1. The molecule has 0 heterocycles. The lowest BCUT2D eigenvalue weighted by Crippen LogP contribution is -1.98. The van der Waals surface area contributed by atoms with E-state index in [1.54, 1.807) is 0 Å². The predicted octanol–water partition coefficient (Wildman–Crippen LogP) is 3.01. The molecule has 1 aromatic rings. The van der Waals surface area contributed by atoms with Crippen LogP contribution >= 0.6 is 11.6 Å². The molecule has 0 aliphatic carbocycles. The molecule has 0 saturated carbocycles. The van der Waals surface area contributed by atoms with Gasteiger partial charge >= 0.3 is 0 Å². The minimum atomic E-state index is 0.801. The molecule has 0 aromatic heterocycles. The average molecular weight is 198 g/mol. The van der Waals surface area contributed by atoms with Crippen molar-refractivity contribution in [3.63, 3.8) is 0 Å². The second kappa shape index (κ2) is 6.01. The largest absolute Gasteiger partial charge is 0.330 e. The van der Waals surface area contributed by atoms with Gasteiger partial charge in [-0.15, -0.1) is 0 Å². The maximum Gasteiger partial charge on any atom is 0.0408 e. The van der Waals surface area contributed by atoms with Crippen LogP contribution in [0.15, 0.2) is 24.3 Å². The summed E-state index contributed by atoms with van der Waals surface area (Å²) >= 11 is 5.86. The summed E-state index contributed by atoms with van der Waals surface area (Å²) in [5.41, 5.74) is 6.73. The van der Waals surface area contributed by atoms with Crippen molar-refractivity contribution in [2.75, 3.05) is 6.54 Å². The second-order valence-electron chi connectivity index (χ2n) is 3.23. The summed E-state index contributed by atoms with van der Waals surface area (Å²) in [6.45, 7) is 0.801. The molecule has 0 bridgehead atoms. The smallest absolute Gasteiger partial charge is 0.0408 e. The van der Waals surface area contributed by atoms with Crippen molar-refractivity contribution in [1.82, 2.24) is 0 Å². The molecule has 0 unspecified atom stereocenters. The lowest BCUT2D eigenvalue weighted by molar-refractivity contribution is 0.686. The van der Waals surface area contributed by atoms with Gasteiger partial charge in [-0.25, -0.2) is 0 Å². The van der Waals surface area contributed by atoms with Gasteiger partial charge in [-0.1, -0.05) is 30.2 Å². The highest BCUT2D eigenvalue weighted by molar-refractivity contribution is 6.30. The van der Waals surface area contributed by atoms with Crippen LogP contribution < -0.4 is 5.73 Å². The highest BCUT2D eigenvalue weighted by atomic mass is 35.5. The molecule has 0 radical (unpaired) electrons. The van der Waals surface area contributed by atoms with E-state index in [-0.39, 0.29) is 0 Å². The number of hydrogen-bond donors (Lipinski definition) is 1. The number of rotatable bonds is 5. The summed E-state index contributed by atoms with van der Waals surface area (Å²) < 4.78 is 0. The first kappa shape index (κ1) is 10.6. The molecule has 72 valence electrons. The zero-order valence-electron chi connectivity index (χ0n) is 7.80. The topological polar surface area (TPSA) is 26.0 Å². The monoisotopic (exact) mass is 197 g/mol. The first-order chi connectivity index (χ1) is 6.33. The Morgan fingerprint density at radius 3 is 2.69 bits per heavy atom. The fraction of sp³-hybridized carbons (Fsp3) is 0.455. The van der Waals surface area contributed by atoms with E-state index in [2.05, 4.69) is 6.07 Å². The van der Waals surface area contributed by atoms with E-state index in [0.717, 1.165) is 24.4 Å². The molecule has 0 fully saturated rings. The quantitative estimate of drug-likeness (QED) is 0.722. The Morgan fingerprint density at radius 2 is 2.00 bits per heavy atom. The molecule has 2 N–H and O–H groups in total. The van der Waals surface area contributed by atoms with Crippen LogP contribution in [0.3, 0.4) is 0 Å². The molecule has 2 heteroatoms. The second-order valence-corrected chi connectivity index (χ2v) is 3.67. The fourth-order valence-electron chi connectivity index (χ4n) is 1.34. The zero-order valence-corrected chi connectivity index (χ0v) is 8.56. The highest BCUT2D eigenvalue weighted by Gasteiger charge is 1.93. The molecule has 0 spiro atoms. The minimum Gasteiger partial charge on any atom is -0.330 e. The van der Waals surface area contributed by atoms with Gasteiger partial charge in [-0.2, -0.15) is 0 Å². The lowest BCUT2D eigenvalue weighted by atomic mass is 10.1. The van der Waals surface area contributed by atoms with Gasteiger partial charge in [0, 0.05) is 5.02 Å². The number of benzene rings is 1. The van der Waals surface area contributed by atoms with Gasteiger partial charge in [0.25, 0.3) is 0 Å². The first-order valence-electron chi connectivity index (χ1n) is 4.77. The lowest BCUT2D eigenvalue weighted by Gasteiger charge is -2.01. The van der Waals surface area contributed by atoms with Crippen molar-refractivity contribution in [3.8, 4) is 0 Å². The van der Waals surface area contributed by atoms with Crippen LogP contribution in [0.4, 0.5) is 0 Å². The molecule has 1 rings (SSSR count). The van der Waals surface area contributed by atoms with E-state index in [1.807, 2.05) is 18.2 Å².